The average Bonchev–Trinajstić information content (AvgIpc) is 2.40. The number of para-hydroxylation sites is 1. The van der Waals surface area contributed by atoms with E-state index in [0.717, 1.165) is 11.1 Å². The van der Waals surface area contributed by atoms with Crippen LogP contribution in [0, 0.1) is 6.92 Å². The lowest BCUT2D eigenvalue weighted by Gasteiger charge is -2.21. The number of halogens is 3. The number of ether oxygens (including phenoxy) is 1. The lowest BCUT2D eigenvalue weighted by molar-refractivity contribution is -0.275. The molecule has 1 unspecified atom stereocenters. The number of hydrazine groups is 1. The summed E-state index contributed by atoms with van der Waals surface area (Å²) in [6.45, 7) is 1.90. The minimum Gasteiger partial charge on any atom is -0.405 e. The second-order valence-corrected chi connectivity index (χ2v) is 4.60. The predicted octanol–water partition coefficient (Wildman–Crippen LogP) is 3.45. The van der Waals surface area contributed by atoms with Crippen molar-refractivity contribution >= 4 is 0 Å². The first-order chi connectivity index (χ1) is 9.90. The van der Waals surface area contributed by atoms with Gasteiger partial charge in [0.2, 0.25) is 0 Å². The fourth-order valence-corrected chi connectivity index (χ4v) is 2.15. The molecule has 3 N–H and O–H groups in total. The third-order valence-electron chi connectivity index (χ3n) is 3.00. The summed E-state index contributed by atoms with van der Waals surface area (Å²) in [4.78, 5) is 0. The average molecular weight is 296 g/mol. The highest BCUT2D eigenvalue weighted by molar-refractivity contribution is 5.42. The normalized spacial score (nSPS) is 13.0. The molecule has 0 spiro atoms. The molecule has 1 atom stereocenters. The highest BCUT2D eigenvalue weighted by Gasteiger charge is 2.33. The highest BCUT2D eigenvalue weighted by atomic mass is 19.4. The van der Waals surface area contributed by atoms with Gasteiger partial charge in [0.1, 0.15) is 5.75 Å². The van der Waals surface area contributed by atoms with Gasteiger partial charge in [-0.05, 0) is 18.6 Å². The molecule has 0 amide bonds. The molecule has 2 aromatic rings. The molecule has 0 saturated carbocycles. The van der Waals surface area contributed by atoms with Crippen LogP contribution in [0.15, 0.2) is 48.5 Å². The Hall–Kier alpha value is -2.05. The van der Waals surface area contributed by atoms with Crippen molar-refractivity contribution in [2.75, 3.05) is 0 Å². The molecule has 2 rings (SSSR count). The largest absolute Gasteiger partial charge is 0.573 e. The van der Waals surface area contributed by atoms with Crippen LogP contribution >= 0.6 is 0 Å². The molecule has 2 aromatic carbocycles. The molecule has 0 bridgehead atoms. The van der Waals surface area contributed by atoms with Crippen LogP contribution in [0.4, 0.5) is 13.2 Å². The molecule has 0 aliphatic heterocycles. The Morgan fingerprint density at radius 2 is 1.81 bits per heavy atom. The summed E-state index contributed by atoms with van der Waals surface area (Å²) in [5, 5.41) is 0. The Morgan fingerprint density at radius 3 is 2.43 bits per heavy atom. The van der Waals surface area contributed by atoms with Crippen molar-refractivity contribution in [1.82, 2.24) is 5.43 Å². The van der Waals surface area contributed by atoms with Crippen LogP contribution in [-0.2, 0) is 0 Å². The van der Waals surface area contributed by atoms with Crippen molar-refractivity contribution in [3.8, 4) is 5.75 Å². The molecule has 0 aliphatic carbocycles. The summed E-state index contributed by atoms with van der Waals surface area (Å²) in [7, 11) is 0. The first-order valence-corrected chi connectivity index (χ1v) is 6.28. The van der Waals surface area contributed by atoms with Crippen molar-refractivity contribution in [3.63, 3.8) is 0 Å². The lowest BCUT2D eigenvalue weighted by Crippen LogP contribution is -2.30. The lowest BCUT2D eigenvalue weighted by atomic mass is 9.97. The zero-order valence-electron chi connectivity index (χ0n) is 11.3. The Bertz CT molecular complexity index is 614. The molecule has 0 radical (unpaired) electrons. The van der Waals surface area contributed by atoms with Gasteiger partial charge in [0.25, 0.3) is 0 Å². The SMILES string of the molecule is Cc1cccc(C(NN)c2ccccc2OC(F)(F)F)c1. The van der Waals surface area contributed by atoms with E-state index >= 15 is 0 Å². The van der Waals surface area contributed by atoms with E-state index in [0.29, 0.717) is 5.56 Å². The van der Waals surface area contributed by atoms with Crippen LogP contribution in [0.1, 0.15) is 22.7 Å². The zero-order chi connectivity index (χ0) is 15.5. The molecule has 3 nitrogen and oxygen atoms in total. The van der Waals surface area contributed by atoms with Gasteiger partial charge in [0, 0.05) is 5.56 Å². The van der Waals surface area contributed by atoms with Gasteiger partial charge in [-0.3, -0.25) is 5.84 Å². The maximum Gasteiger partial charge on any atom is 0.573 e. The van der Waals surface area contributed by atoms with Crippen molar-refractivity contribution in [2.24, 2.45) is 5.84 Å². The Labute approximate surface area is 120 Å². The van der Waals surface area contributed by atoms with Crippen LogP contribution < -0.4 is 16.0 Å². The summed E-state index contributed by atoms with van der Waals surface area (Å²) < 4.78 is 41.5. The van der Waals surface area contributed by atoms with Gasteiger partial charge in [-0.1, -0.05) is 48.0 Å². The second kappa shape index (κ2) is 6.15. The number of alkyl halides is 3. The van der Waals surface area contributed by atoms with Crippen LogP contribution in [0.3, 0.4) is 0 Å². The minimum absolute atomic E-state index is 0.269. The number of rotatable bonds is 4. The fraction of sp³-hybridized carbons (Fsp3) is 0.200. The molecular formula is C15H15F3N2O. The van der Waals surface area contributed by atoms with Gasteiger partial charge in [0.05, 0.1) is 6.04 Å². The maximum absolute atomic E-state index is 12.5. The van der Waals surface area contributed by atoms with Crippen molar-refractivity contribution in [3.05, 3.63) is 65.2 Å². The number of benzene rings is 2. The molecule has 6 heteroatoms. The van der Waals surface area contributed by atoms with E-state index in [1.54, 1.807) is 18.2 Å². The summed E-state index contributed by atoms with van der Waals surface area (Å²) in [6.07, 6.45) is -4.75. The fourth-order valence-electron chi connectivity index (χ4n) is 2.15. The second-order valence-electron chi connectivity index (χ2n) is 4.60. The topological polar surface area (TPSA) is 47.3 Å². The maximum atomic E-state index is 12.5. The zero-order valence-corrected chi connectivity index (χ0v) is 11.3. The summed E-state index contributed by atoms with van der Waals surface area (Å²) in [6, 6.07) is 12.7. The Kier molecular flexibility index (Phi) is 4.50. The Balaban J connectivity index is 2.43. The third kappa shape index (κ3) is 3.96. The van der Waals surface area contributed by atoms with E-state index in [-0.39, 0.29) is 5.75 Å². The molecule has 0 aliphatic rings. The van der Waals surface area contributed by atoms with Crippen LogP contribution in [-0.4, -0.2) is 6.36 Å². The van der Waals surface area contributed by atoms with Crippen molar-refractivity contribution in [2.45, 2.75) is 19.3 Å². The standard InChI is InChI=1S/C15H15F3N2O/c1-10-5-4-6-11(9-10)14(20-19)12-7-2-3-8-13(12)21-15(16,17)18/h2-9,14,20H,19H2,1H3. The molecule has 0 fully saturated rings. The number of nitrogens with one attached hydrogen (secondary N) is 1. The van der Waals surface area contributed by atoms with Crippen molar-refractivity contribution in [1.29, 1.82) is 0 Å². The van der Waals surface area contributed by atoms with E-state index in [1.807, 2.05) is 25.1 Å². The smallest absolute Gasteiger partial charge is 0.405 e. The van der Waals surface area contributed by atoms with Gasteiger partial charge >= 0.3 is 6.36 Å². The molecule has 0 saturated heterocycles. The van der Waals surface area contributed by atoms with Gasteiger partial charge in [0.15, 0.2) is 0 Å². The van der Waals surface area contributed by atoms with E-state index in [4.69, 9.17) is 5.84 Å². The third-order valence-corrected chi connectivity index (χ3v) is 3.00. The molecular weight excluding hydrogens is 281 g/mol. The Morgan fingerprint density at radius 1 is 1.10 bits per heavy atom. The van der Waals surface area contributed by atoms with E-state index in [1.165, 1.54) is 12.1 Å². The van der Waals surface area contributed by atoms with E-state index in [2.05, 4.69) is 10.2 Å². The summed E-state index contributed by atoms with van der Waals surface area (Å²) >= 11 is 0. The minimum atomic E-state index is -4.75. The predicted molar refractivity (Wildman–Crippen MR) is 73.5 cm³/mol. The number of aryl methyl sites for hydroxylation is 1. The summed E-state index contributed by atoms with van der Waals surface area (Å²) in [5.41, 5.74) is 4.61. The van der Waals surface area contributed by atoms with Crippen LogP contribution in [0.2, 0.25) is 0 Å². The van der Waals surface area contributed by atoms with Crippen LogP contribution in [0.5, 0.6) is 5.75 Å². The van der Waals surface area contributed by atoms with Gasteiger partial charge in [-0.15, -0.1) is 13.2 Å². The molecule has 21 heavy (non-hydrogen) atoms. The molecule has 0 aromatic heterocycles. The first-order valence-electron chi connectivity index (χ1n) is 6.28. The first kappa shape index (κ1) is 15.3. The molecule has 0 heterocycles. The number of hydrogen-bond donors (Lipinski definition) is 2. The quantitative estimate of drug-likeness (QED) is 0.671. The highest BCUT2D eigenvalue weighted by Crippen LogP contribution is 2.33. The van der Waals surface area contributed by atoms with E-state index in [9.17, 15) is 13.2 Å². The monoisotopic (exact) mass is 296 g/mol. The number of hydrogen-bond acceptors (Lipinski definition) is 3. The van der Waals surface area contributed by atoms with E-state index < -0.39 is 12.4 Å². The van der Waals surface area contributed by atoms with Gasteiger partial charge < -0.3 is 4.74 Å². The van der Waals surface area contributed by atoms with Crippen molar-refractivity contribution < 1.29 is 17.9 Å². The molecule has 112 valence electrons. The summed E-state index contributed by atoms with van der Waals surface area (Å²) in [5.74, 6) is 5.26. The number of nitrogens with two attached hydrogens (primary N) is 1. The van der Waals surface area contributed by atoms with Crippen LogP contribution in [0.25, 0.3) is 0 Å². The van der Waals surface area contributed by atoms with Gasteiger partial charge in [-0.25, -0.2) is 5.43 Å². The van der Waals surface area contributed by atoms with Gasteiger partial charge in [-0.2, -0.15) is 0 Å².